The van der Waals surface area contributed by atoms with E-state index in [4.69, 9.17) is 0 Å². The van der Waals surface area contributed by atoms with Crippen molar-refractivity contribution in [2.24, 2.45) is 0 Å². The number of fused-ring (bicyclic) bond motifs is 3. The van der Waals surface area contributed by atoms with Crippen molar-refractivity contribution in [3.8, 4) is 0 Å². The summed E-state index contributed by atoms with van der Waals surface area (Å²) in [6.45, 7) is 0.900. The Morgan fingerprint density at radius 3 is 2.72 bits per heavy atom. The fraction of sp³-hybridized carbons (Fsp3) is 0.333. The van der Waals surface area contributed by atoms with Crippen molar-refractivity contribution in [2.75, 3.05) is 19.0 Å². The minimum atomic E-state index is 0.406. The third kappa shape index (κ3) is 3.33. The van der Waals surface area contributed by atoms with Crippen molar-refractivity contribution in [1.82, 2.24) is 10.3 Å². The van der Waals surface area contributed by atoms with Crippen LogP contribution < -0.4 is 10.2 Å². The van der Waals surface area contributed by atoms with E-state index in [1.165, 1.54) is 52.7 Å². The standard InChI is InChI=1S/C21H24BrN3/c1-25(2)16-9-6-14(7-10-16)13-23-20-5-3-4-17-18-12-15(22)8-11-19(18)24-21(17)20/h6-12,20,23-24H,3-5,13H2,1-2H3. The Bertz CT molecular complexity index is 880. The van der Waals surface area contributed by atoms with Crippen LogP contribution in [0.3, 0.4) is 0 Å². The van der Waals surface area contributed by atoms with Gasteiger partial charge in [0.1, 0.15) is 0 Å². The number of H-pyrrole nitrogens is 1. The minimum Gasteiger partial charge on any atom is -0.378 e. The van der Waals surface area contributed by atoms with Gasteiger partial charge in [-0.2, -0.15) is 0 Å². The lowest BCUT2D eigenvalue weighted by atomic mass is 9.91. The van der Waals surface area contributed by atoms with Crippen LogP contribution in [0, 0.1) is 0 Å². The Labute approximate surface area is 157 Å². The Hall–Kier alpha value is -1.78. The molecule has 1 aliphatic carbocycles. The third-order valence-corrected chi connectivity index (χ3v) is 5.67. The number of aromatic amines is 1. The van der Waals surface area contributed by atoms with E-state index in [1.54, 1.807) is 0 Å². The second kappa shape index (κ2) is 6.85. The second-order valence-electron chi connectivity index (χ2n) is 7.09. The Morgan fingerprint density at radius 1 is 1.16 bits per heavy atom. The fourth-order valence-corrected chi connectivity index (χ4v) is 4.15. The maximum absolute atomic E-state index is 3.76. The minimum absolute atomic E-state index is 0.406. The van der Waals surface area contributed by atoms with Crippen molar-refractivity contribution in [2.45, 2.75) is 31.8 Å². The average Bonchev–Trinajstić information content (AvgIpc) is 2.99. The van der Waals surface area contributed by atoms with E-state index in [1.807, 2.05) is 0 Å². The number of hydrogen-bond acceptors (Lipinski definition) is 2. The highest BCUT2D eigenvalue weighted by molar-refractivity contribution is 9.10. The number of benzene rings is 2. The molecule has 0 spiro atoms. The van der Waals surface area contributed by atoms with Crippen molar-refractivity contribution in [1.29, 1.82) is 0 Å². The average molecular weight is 398 g/mol. The van der Waals surface area contributed by atoms with Gasteiger partial charge < -0.3 is 15.2 Å². The van der Waals surface area contributed by atoms with Crippen molar-refractivity contribution in [3.63, 3.8) is 0 Å². The van der Waals surface area contributed by atoms with Crippen LogP contribution in [-0.2, 0) is 13.0 Å². The van der Waals surface area contributed by atoms with E-state index in [2.05, 4.69) is 87.7 Å². The molecule has 1 aromatic heterocycles. The molecule has 2 aromatic carbocycles. The summed E-state index contributed by atoms with van der Waals surface area (Å²) in [5, 5.41) is 5.13. The molecule has 3 aromatic rings. The molecule has 0 amide bonds. The number of anilines is 1. The first-order valence-corrected chi connectivity index (χ1v) is 9.71. The van der Waals surface area contributed by atoms with Gasteiger partial charge in [-0.3, -0.25) is 0 Å². The molecule has 3 nitrogen and oxygen atoms in total. The van der Waals surface area contributed by atoms with Crippen molar-refractivity contribution in [3.05, 3.63) is 63.8 Å². The molecule has 130 valence electrons. The first-order chi connectivity index (χ1) is 12.1. The normalized spacial score (nSPS) is 16.8. The highest BCUT2D eigenvalue weighted by Gasteiger charge is 2.23. The van der Waals surface area contributed by atoms with E-state index in [0.717, 1.165) is 11.0 Å². The number of halogens is 1. The SMILES string of the molecule is CN(C)c1ccc(CNC2CCCc3c2[nH]c2ccc(Br)cc32)cc1. The van der Waals surface area contributed by atoms with E-state index in [-0.39, 0.29) is 0 Å². The lowest BCUT2D eigenvalue weighted by molar-refractivity contribution is 0.452. The van der Waals surface area contributed by atoms with E-state index in [0.29, 0.717) is 6.04 Å². The fourth-order valence-electron chi connectivity index (χ4n) is 3.79. The van der Waals surface area contributed by atoms with Crippen LogP contribution in [0.15, 0.2) is 46.9 Å². The third-order valence-electron chi connectivity index (χ3n) is 5.17. The molecule has 1 heterocycles. The zero-order valence-electron chi connectivity index (χ0n) is 14.8. The quantitative estimate of drug-likeness (QED) is 0.636. The molecule has 1 atom stereocenters. The van der Waals surface area contributed by atoms with Gasteiger partial charge in [0.2, 0.25) is 0 Å². The topological polar surface area (TPSA) is 31.1 Å². The molecule has 0 fully saturated rings. The van der Waals surface area contributed by atoms with Gasteiger partial charge in [-0.15, -0.1) is 0 Å². The number of aromatic nitrogens is 1. The van der Waals surface area contributed by atoms with Crippen LogP contribution >= 0.6 is 15.9 Å². The highest BCUT2D eigenvalue weighted by atomic mass is 79.9. The van der Waals surface area contributed by atoms with Crippen LogP contribution in [0.1, 0.15) is 35.7 Å². The first kappa shape index (κ1) is 16.7. The highest BCUT2D eigenvalue weighted by Crippen LogP contribution is 2.35. The predicted octanol–water partition coefficient (Wildman–Crippen LogP) is 5.16. The van der Waals surface area contributed by atoms with Gasteiger partial charge in [0.05, 0.1) is 0 Å². The summed E-state index contributed by atoms with van der Waals surface area (Å²) in [5.41, 5.74) is 6.69. The Morgan fingerprint density at radius 2 is 1.96 bits per heavy atom. The molecule has 1 unspecified atom stereocenters. The number of aryl methyl sites for hydroxylation is 1. The predicted molar refractivity (Wildman–Crippen MR) is 109 cm³/mol. The number of rotatable bonds is 4. The molecule has 1 aliphatic rings. The van der Waals surface area contributed by atoms with Gasteiger partial charge >= 0.3 is 0 Å². The molecule has 0 bridgehead atoms. The number of hydrogen-bond donors (Lipinski definition) is 2. The molecule has 0 aliphatic heterocycles. The van der Waals surface area contributed by atoms with Gasteiger partial charge in [0, 0.05) is 53.4 Å². The number of nitrogens with one attached hydrogen (secondary N) is 2. The summed E-state index contributed by atoms with van der Waals surface area (Å²) in [7, 11) is 4.15. The van der Waals surface area contributed by atoms with Crippen LogP contribution in [0.5, 0.6) is 0 Å². The van der Waals surface area contributed by atoms with Gasteiger partial charge in [-0.25, -0.2) is 0 Å². The molecule has 25 heavy (non-hydrogen) atoms. The zero-order valence-corrected chi connectivity index (χ0v) is 16.4. The molecular formula is C21H24BrN3. The Balaban J connectivity index is 1.54. The lowest BCUT2D eigenvalue weighted by Gasteiger charge is -2.24. The van der Waals surface area contributed by atoms with E-state index < -0.39 is 0 Å². The van der Waals surface area contributed by atoms with Crippen LogP contribution in [-0.4, -0.2) is 19.1 Å². The molecule has 2 N–H and O–H groups in total. The zero-order chi connectivity index (χ0) is 17.4. The van der Waals surface area contributed by atoms with Crippen LogP contribution in [0.4, 0.5) is 5.69 Å². The van der Waals surface area contributed by atoms with Gasteiger partial charge in [-0.05, 0) is 60.7 Å². The molecule has 4 heteroatoms. The van der Waals surface area contributed by atoms with E-state index >= 15 is 0 Å². The van der Waals surface area contributed by atoms with Gasteiger partial charge in [0.15, 0.2) is 0 Å². The smallest absolute Gasteiger partial charge is 0.0478 e. The first-order valence-electron chi connectivity index (χ1n) is 8.91. The largest absolute Gasteiger partial charge is 0.378 e. The van der Waals surface area contributed by atoms with Crippen molar-refractivity contribution < 1.29 is 0 Å². The van der Waals surface area contributed by atoms with Gasteiger partial charge in [-0.1, -0.05) is 28.1 Å². The van der Waals surface area contributed by atoms with E-state index in [9.17, 15) is 0 Å². The maximum atomic E-state index is 3.76. The summed E-state index contributed by atoms with van der Waals surface area (Å²) < 4.78 is 1.15. The summed E-state index contributed by atoms with van der Waals surface area (Å²) in [6, 6.07) is 15.7. The maximum Gasteiger partial charge on any atom is 0.0478 e. The molecular weight excluding hydrogens is 374 g/mol. The molecule has 0 saturated carbocycles. The second-order valence-corrected chi connectivity index (χ2v) is 8.01. The summed E-state index contributed by atoms with van der Waals surface area (Å²) in [5.74, 6) is 0. The van der Waals surface area contributed by atoms with Gasteiger partial charge in [0.25, 0.3) is 0 Å². The molecule has 4 rings (SSSR count). The summed E-state index contributed by atoms with van der Waals surface area (Å²) in [4.78, 5) is 5.80. The summed E-state index contributed by atoms with van der Waals surface area (Å²) in [6.07, 6.45) is 3.60. The summed E-state index contributed by atoms with van der Waals surface area (Å²) >= 11 is 3.60. The van der Waals surface area contributed by atoms with Crippen molar-refractivity contribution >= 4 is 32.5 Å². The molecule has 0 radical (unpaired) electrons. The number of nitrogens with zero attached hydrogens (tertiary/aromatic N) is 1. The van der Waals surface area contributed by atoms with Crippen LogP contribution in [0.2, 0.25) is 0 Å². The Kier molecular flexibility index (Phi) is 4.57. The lowest BCUT2D eigenvalue weighted by Crippen LogP contribution is -2.24. The van der Waals surface area contributed by atoms with Crippen LogP contribution in [0.25, 0.3) is 10.9 Å². The monoisotopic (exact) mass is 397 g/mol. The molecule has 0 saturated heterocycles.